The van der Waals surface area contributed by atoms with E-state index in [4.69, 9.17) is 0 Å². The van der Waals surface area contributed by atoms with Crippen LogP contribution in [0.4, 0.5) is 0 Å². The van der Waals surface area contributed by atoms with Crippen LogP contribution in [0.2, 0.25) is 0 Å². The minimum Gasteiger partial charge on any atom is -0.340 e. The third-order valence-electron chi connectivity index (χ3n) is 4.65. The Labute approximate surface area is 133 Å². The van der Waals surface area contributed by atoms with Gasteiger partial charge in [-0.3, -0.25) is 9.69 Å². The molecule has 0 aromatic heterocycles. The number of likely N-dealkylation sites (N-methyl/N-ethyl adjacent to an activating group) is 1. The third-order valence-corrected chi connectivity index (χ3v) is 4.65. The maximum atomic E-state index is 12.4. The Hall–Kier alpha value is -1.65. The van der Waals surface area contributed by atoms with Crippen LogP contribution in [0.3, 0.4) is 0 Å². The fourth-order valence-corrected chi connectivity index (χ4v) is 3.33. The third kappa shape index (κ3) is 3.76. The molecule has 1 aromatic carbocycles. The first-order valence-electron chi connectivity index (χ1n) is 8.14. The first-order chi connectivity index (χ1) is 10.7. The maximum absolute atomic E-state index is 12.4. The number of piperazine rings is 2. The molecule has 1 aromatic rings. The SMILES string of the molecule is CN1CCN2CCN(C(=O)C/C=C/c3ccccc3)CC2C1. The molecule has 2 heterocycles. The van der Waals surface area contributed by atoms with Crippen molar-refractivity contribution in [1.82, 2.24) is 14.7 Å². The summed E-state index contributed by atoms with van der Waals surface area (Å²) in [6.45, 7) is 6.12. The van der Waals surface area contributed by atoms with E-state index in [9.17, 15) is 4.79 Å². The Morgan fingerprint density at radius 3 is 2.73 bits per heavy atom. The second-order valence-corrected chi connectivity index (χ2v) is 6.31. The van der Waals surface area contributed by atoms with Crippen LogP contribution < -0.4 is 0 Å². The van der Waals surface area contributed by atoms with Crippen molar-refractivity contribution in [1.29, 1.82) is 0 Å². The molecular weight excluding hydrogens is 274 g/mol. The Morgan fingerprint density at radius 1 is 1.14 bits per heavy atom. The van der Waals surface area contributed by atoms with Crippen molar-refractivity contribution in [3.63, 3.8) is 0 Å². The number of benzene rings is 1. The molecule has 118 valence electrons. The highest BCUT2D eigenvalue weighted by atomic mass is 16.2. The average Bonchev–Trinajstić information content (AvgIpc) is 2.55. The number of carbonyl (C=O) groups is 1. The van der Waals surface area contributed by atoms with Crippen molar-refractivity contribution < 1.29 is 4.79 Å². The van der Waals surface area contributed by atoms with E-state index < -0.39 is 0 Å². The molecule has 3 rings (SSSR count). The average molecular weight is 299 g/mol. The van der Waals surface area contributed by atoms with E-state index in [1.807, 2.05) is 35.3 Å². The molecule has 1 amide bonds. The molecule has 2 saturated heterocycles. The highest BCUT2D eigenvalue weighted by Crippen LogP contribution is 2.15. The summed E-state index contributed by atoms with van der Waals surface area (Å²) in [6.07, 6.45) is 4.51. The first kappa shape index (κ1) is 15.3. The predicted molar refractivity (Wildman–Crippen MR) is 89.5 cm³/mol. The molecular formula is C18H25N3O. The zero-order valence-electron chi connectivity index (χ0n) is 13.3. The molecule has 0 N–H and O–H groups in total. The number of amides is 1. The van der Waals surface area contributed by atoms with Crippen LogP contribution in [0, 0.1) is 0 Å². The smallest absolute Gasteiger partial charge is 0.226 e. The molecule has 4 heteroatoms. The number of rotatable bonds is 3. The number of hydrogen-bond donors (Lipinski definition) is 0. The Kier molecular flexibility index (Phi) is 4.90. The van der Waals surface area contributed by atoms with Crippen molar-refractivity contribution in [2.75, 3.05) is 46.3 Å². The topological polar surface area (TPSA) is 26.8 Å². The summed E-state index contributed by atoms with van der Waals surface area (Å²) in [6, 6.07) is 10.6. The van der Waals surface area contributed by atoms with E-state index in [0.29, 0.717) is 12.5 Å². The second kappa shape index (κ2) is 7.07. The fraction of sp³-hybridized carbons (Fsp3) is 0.500. The monoisotopic (exact) mass is 299 g/mol. The van der Waals surface area contributed by atoms with Gasteiger partial charge in [0.25, 0.3) is 0 Å². The minimum absolute atomic E-state index is 0.250. The van der Waals surface area contributed by atoms with E-state index in [0.717, 1.165) is 44.8 Å². The zero-order valence-corrected chi connectivity index (χ0v) is 13.3. The van der Waals surface area contributed by atoms with Gasteiger partial charge in [0.1, 0.15) is 0 Å². The molecule has 1 atom stereocenters. The Morgan fingerprint density at radius 2 is 1.91 bits per heavy atom. The van der Waals surface area contributed by atoms with E-state index in [-0.39, 0.29) is 5.91 Å². The lowest BCUT2D eigenvalue weighted by molar-refractivity contribution is -0.134. The summed E-state index contributed by atoms with van der Waals surface area (Å²) in [5, 5.41) is 0. The van der Waals surface area contributed by atoms with Gasteiger partial charge in [0, 0.05) is 51.7 Å². The molecule has 2 fully saturated rings. The number of nitrogens with zero attached hydrogens (tertiary/aromatic N) is 3. The van der Waals surface area contributed by atoms with Crippen molar-refractivity contribution in [2.24, 2.45) is 0 Å². The summed E-state index contributed by atoms with van der Waals surface area (Å²) in [7, 11) is 2.17. The van der Waals surface area contributed by atoms with Crippen molar-refractivity contribution in [3.8, 4) is 0 Å². The summed E-state index contributed by atoms with van der Waals surface area (Å²) in [5.41, 5.74) is 1.15. The predicted octanol–water partition coefficient (Wildman–Crippen LogP) is 1.55. The van der Waals surface area contributed by atoms with Crippen molar-refractivity contribution >= 4 is 12.0 Å². The normalized spacial score (nSPS) is 23.7. The van der Waals surface area contributed by atoms with Crippen LogP contribution in [0.5, 0.6) is 0 Å². The van der Waals surface area contributed by atoms with E-state index in [1.165, 1.54) is 0 Å². The molecule has 4 nitrogen and oxygen atoms in total. The summed E-state index contributed by atoms with van der Waals surface area (Å²) >= 11 is 0. The van der Waals surface area contributed by atoms with E-state index >= 15 is 0 Å². The van der Waals surface area contributed by atoms with Crippen molar-refractivity contribution in [3.05, 3.63) is 42.0 Å². The Balaban J connectivity index is 1.51. The molecule has 2 aliphatic heterocycles. The molecule has 2 aliphatic rings. The standard InChI is InChI=1S/C18H25N3O/c1-19-10-11-20-12-13-21(15-17(20)14-19)18(22)9-5-8-16-6-3-2-4-7-16/h2-8,17H,9-15H2,1H3/b8-5+. The van der Waals surface area contributed by atoms with Gasteiger partial charge in [-0.05, 0) is 12.6 Å². The molecule has 0 spiro atoms. The first-order valence-corrected chi connectivity index (χ1v) is 8.14. The van der Waals surface area contributed by atoms with Gasteiger partial charge in [-0.2, -0.15) is 0 Å². The molecule has 0 aliphatic carbocycles. The minimum atomic E-state index is 0.250. The summed E-state index contributed by atoms with van der Waals surface area (Å²) < 4.78 is 0. The van der Waals surface area contributed by atoms with Gasteiger partial charge in [0.2, 0.25) is 5.91 Å². The van der Waals surface area contributed by atoms with Crippen LogP contribution in [-0.2, 0) is 4.79 Å². The van der Waals surface area contributed by atoms with Crippen molar-refractivity contribution in [2.45, 2.75) is 12.5 Å². The highest BCUT2D eigenvalue weighted by Gasteiger charge is 2.32. The van der Waals surface area contributed by atoms with Gasteiger partial charge in [0.15, 0.2) is 0 Å². The van der Waals surface area contributed by atoms with Crippen LogP contribution >= 0.6 is 0 Å². The van der Waals surface area contributed by atoms with E-state index in [2.05, 4.69) is 29.0 Å². The Bertz CT molecular complexity index is 528. The van der Waals surface area contributed by atoms with Gasteiger partial charge in [-0.15, -0.1) is 0 Å². The lowest BCUT2D eigenvalue weighted by Gasteiger charge is -2.46. The van der Waals surface area contributed by atoms with Crippen LogP contribution in [-0.4, -0.2) is 73.0 Å². The van der Waals surface area contributed by atoms with Crippen LogP contribution in [0.15, 0.2) is 36.4 Å². The number of hydrogen-bond acceptors (Lipinski definition) is 3. The molecule has 0 radical (unpaired) electrons. The quantitative estimate of drug-likeness (QED) is 0.847. The molecule has 22 heavy (non-hydrogen) atoms. The number of carbonyl (C=O) groups excluding carboxylic acids is 1. The maximum Gasteiger partial charge on any atom is 0.226 e. The van der Waals surface area contributed by atoms with Gasteiger partial charge < -0.3 is 9.80 Å². The highest BCUT2D eigenvalue weighted by molar-refractivity contribution is 5.78. The van der Waals surface area contributed by atoms with Gasteiger partial charge in [-0.1, -0.05) is 42.5 Å². The largest absolute Gasteiger partial charge is 0.340 e. The van der Waals surface area contributed by atoms with Gasteiger partial charge in [-0.25, -0.2) is 0 Å². The number of fused-ring (bicyclic) bond motifs is 1. The summed E-state index contributed by atoms with van der Waals surface area (Å²) in [5.74, 6) is 0.250. The van der Waals surface area contributed by atoms with E-state index in [1.54, 1.807) is 0 Å². The van der Waals surface area contributed by atoms with Gasteiger partial charge in [0.05, 0.1) is 0 Å². The lowest BCUT2D eigenvalue weighted by atomic mass is 10.1. The molecule has 0 bridgehead atoms. The molecule has 0 saturated carbocycles. The molecule has 1 unspecified atom stereocenters. The van der Waals surface area contributed by atoms with Crippen LogP contribution in [0.1, 0.15) is 12.0 Å². The van der Waals surface area contributed by atoms with Crippen LogP contribution in [0.25, 0.3) is 6.08 Å². The van der Waals surface area contributed by atoms with Gasteiger partial charge >= 0.3 is 0 Å². The summed E-state index contributed by atoms with van der Waals surface area (Å²) in [4.78, 5) is 19.3. The zero-order chi connectivity index (χ0) is 15.4. The second-order valence-electron chi connectivity index (χ2n) is 6.31. The lowest BCUT2D eigenvalue weighted by Crippen LogP contribution is -2.62. The fourth-order valence-electron chi connectivity index (χ4n) is 3.33.